The second-order valence-corrected chi connectivity index (χ2v) is 5.47. The van der Waals surface area contributed by atoms with E-state index in [0.29, 0.717) is 39.6 Å². The molecule has 0 spiro atoms. The van der Waals surface area contributed by atoms with E-state index in [-0.39, 0.29) is 12.1 Å². The van der Waals surface area contributed by atoms with Crippen molar-refractivity contribution in [2.75, 3.05) is 0 Å². The molecule has 1 aromatic heterocycles. The minimum Gasteiger partial charge on any atom is -0.364 e. The molecule has 0 saturated carbocycles. The van der Waals surface area contributed by atoms with Crippen LogP contribution in [0.25, 0.3) is 16.5 Å². The normalized spacial score (nSPS) is 14.8. The highest BCUT2D eigenvalue weighted by Crippen LogP contribution is 2.36. The maximum atomic E-state index is 13.6. The molecule has 4 nitrogen and oxygen atoms in total. The number of hydrogen-bond acceptors (Lipinski definition) is 2. The first-order valence-electron chi connectivity index (χ1n) is 7.03. The summed E-state index contributed by atoms with van der Waals surface area (Å²) in [6.45, 7) is 1.72. The van der Waals surface area contributed by atoms with Gasteiger partial charge in [-0.25, -0.2) is 8.78 Å². The standard InChI is InChI=1S/C17H13F2N3O/c1-8-11-4-9(7-20)5-12(16(11)22-15(8)17(21)23)10-2-3-13(18)14(19)6-10/h4-6,22H,2-3H2,1H3,(H2,21,23). The van der Waals surface area contributed by atoms with E-state index in [9.17, 15) is 18.8 Å². The number of aryl methyl sites for hydroxylation is 1. The zero-order valence-corrected chi connectivity index (χ0v) is 12.3. The van der Waals surface area contributed by atoms with Crippen LogP contribution in [-0.2, 0) is 0 Å². The third-order valence-corrected chi connectivity index (χ3v) is 4.06. The van der Waals surface area contributed by atoms with Crippen LogP contribution in [0.4, 0.5) is 8.78 Å². The fourth-order valence-corrected chi connectivity index (χ4v) is 2.87. The first-order valence-corrected chi connectivity index (χ1v) is 7.03. The van der Waals surface area contributed by atoms with Crippen molar-refractivity contribution in [2.45, 2.75) is 19.8 Å². The Balaban J connectivity index is 2.33. The van der Waals surface area contributed by atoms with Gasteiger partial charge in [-0.1, -0.05) is 0 Å². The van der Waals surface area contributed by atoms with Gasteiger partial charge in [0, 0.05) is 17.4 Å². The lowest BCUT2D eigenvalue weighted by Gasteiger charge is -2.13. The molecule has 1 aliphatic rings. The summed E-state index contributed by atoms with van der Waals surface area (Å²) in [5.41, 5.74) is 8.35. The number of carbonyl (C=O) groups excluding carboxylic acids is 1. The molecule has 2 aromatic rings. The molecule has 0 bridgehead atoms. The largest absolute Gasteiger partial charge is 0.364 e. The second-order valence-electron chi connectivity index (χ2n) is 5.47. The number of rotatable bonds is 2. The average Bonchev–Trinajstić information content (AvgIpc) is 2.86. The Bertz CT molecular complexity index is 945. The van der Waals surface area contributed by atoms with Crippen LogP contribution in [0.5, 0.6) is 0 Å². The number of amides is 1. The number of hydrogen-bond donors (Lipinski definition) is 2. The number of nitrogens with two attached hydrogens (primary N) is 1. The molecule has 0 saturated heterocycles. The number of allylic oxidation sites excluding steroid dienone is 4. The van der Waals surface area contributed by atoms with Gasteiger partial charge in [0.25, 0.3) is 5.91 Å². The zero-order valence-electron chi connectivity index (χ0n) is 12.3. The monoisotopic (exact) mass is 313 g/mol. The van der Waals surface area contributed by atoms with Gasteiger partial charge in [-0.05, 0) is 42.7 Å². The van der Waals surface area contributed by atoms with Gasteiger partial charge in [0.1, 0.15) is 11.5 Å². The summed E-state index contributed by atoms with van der Waals surface area (Å²) in [6, 6.07) is 5.30. The van der Waals surface area contributed by atoms with Gasteiger partial charge in [-0.3, -0.25) is 4.79 Å². The topological polar surface area (TPSA) is 82.7 Å². The van der Waals surface area contributed by atoms with Crippen LogP contribution in [0.1, 0.15) is 40.0 Å². The number of aromatic amines is 1. The first kappa shape index (κ1) is 15.0. The number of H-pyrrole nitrogens is 1. The van der Waals surface area contributed by atoms with Gasteiger partial charge in [0.05, 0.1) is 17.1 Å². The van der Waals surface area contributed by atoms with Crippen molar-refractivity contribution in [2.24, 2.45) is 5.73 Å². The number of halogens is 2. The minimum absolute atomic E-state index is 0.0295. The lowest BCUT2D eigenvalue weighted by atomic mass is 9.93. The van der Waals surface area contributed by atoms with Gasteiger partial charge in [0.2, 0.25) is 0 Å². The van der Waals surface area contributed by atoms with Gasteiger partial charge in [-0.15, -0.1) is 0 Å². The molecule has 1 aliphatic carbocycles. The Morgan fingerprint density at radius 1 is 1.35 bits per heavy atom. The van der Waals surface area contributed by atoms with Crippen molar-refractivity contribution in [3.63, 3.8) is 0 Å². The number of aromatic nitrogens is 1. The molecular weight excluding hydrogens is 300 g/mol. The summed E-state index contributed by atoms with van der Waals surface area (Å²) in [5, 5.41) is 9.88. The molecule has 6 heteroatoms. The quantitative estimate of drug-likeness (QED) is 0.884. The molecular formula is C17H13F2N3O. The number of nitrogens with one attached hydrogen (secondary N) is 1. The molecule has 0 aliphatic heterocycles. The van der Waals surface area contributed by atoms with Crippen molar-refractivity contribution >= 4 is 22.4 Å². The lowest BCUT2D eigenvalue weighted by molar-refractivity contribution is 0.0996. The van der Waals surface area contributed by atoms with E-state index in [0.717, 1.165) is 6.08 Å². The van der Waals surface area contributed by atoms with Gasteiger partial charge < -0.3 is 10.7 Å². The highest BCUT2D eigenvalue weighted by atomic mass is 19.2. The van der Waals surface area contributed by atoms with Crippen LogP contribution < -0.4 is 5.73 Å². The molecule has 0 unspecified atom stereocenters. The van der Waals surface area contributed by atoms with Crippen molar-refractivity contribution in [1.29, 1.82) is 5.26 Å². The van der Waals surface area contributed by atoms with E-state index in [1.165, 1.54) is 0 Å². The third-order valence-electron chi connectivity index (χ3n) is 4.06. The fraction of sp³-hybridized carbons (Fsp3) is 0.176. The number of nitriles is 1. The van der Waals surface area contributed by atoms with Crippen molar-refractivity contribution in [1.82, 2.24) is 4.98 Å². The maximum absolute atomic E-state index is 13.6. The van der Waals surface area contributed by atoms with E-state index in [2.05, 4.69) is 4.98 Å². The summed E-state index contributed by atoms with van der Waals surface area (Å²) < 4.78 is 26.8. The van der Waals surface area contributed by atoms with Gasteiger partial charge in [0.15, 0.2) is 5.83 Å². The number of benzene rings is 1. The smallest absolute Gasteiger partial charge is 0.265 e. The van der Waals surface area contributed by atoms with Crippen LogP contribution in [0.2, 0.25) is 0 Å². The van der Waals surface area contributed by atoms with E-state index in [1.54, 1.807) is 19.1 Å². The molecule has 1 heterocycles. The zero-order chi connectivity index (χ0) is 16.7. The van der Waals surface area contributed by atoms with Crippen molar-refractivity contribution < 1.29 is 13.6 Å². The lowest BCUT2D eigenvalue weighted by Crippen LogP contribution is -2.12. The molecule has 23 heavy (non-hydrogen) atoms. The predicted octanol–water partition coefficient (Wildman–Crippen LogP) is 3.77. The molecule has 1 amide bonds. The molecule has 116 valence electrons. The summed E-state index contributed by atoms with van der Waals surface area (Å²) in [5.74, 6) is -2.29. The molecule has 3 N–H and O–H groups in total. The van der Waals surface area contributed by atoms with Crippen LogP contribution in [-0.4, -0.2) is 10.9 Å². The van der Waals surface area contributed by atoms with E-state index < -0.39 is 17.6 Å². The Labute approximate surface area is 130 Å². The summed E-state index contributed by atoms with van der Waals surface area (Å²) >= 11 is 0. The third kappa shape index (κ3) is 2.40. The van der Waals surface area contributed by atoms with Crippen LogP contribution >= 0.6 is 0 Å². The summed E-state index contributed by atoms with van der Waals surface area (Å²) in [6.07, 6.45) is 1.42. The Morgan fingerprint density at radius 2 is 2.09 bits per heavy atom. The van der Waals surface area contributed by atoms with E-state index >= 15 is 0 Å². The number of nitrogens with zero attached hydrogens (tertiary/aromatic N) is 1. The van der Waals surface area contributed by atoms with E-state index in [1.807, 2.05) is 6.07 Å². The minimum atomic E-state index is -0.903. The average molecular weight is 313 g/mol. The molecule has 0 radical (unpaired) electrons. The Morgan fingerprint density at radius 3 is 2.70 bits per heavy atom. The molecule has 3 rings (SSSR count). The SMILES string of the molecule is Cc1c(C(N)=O)[nH]c2c(C3=CC(F)=C(F)CC3)cc(C#N)cc12. The molecule has 0 fully saturated rings. The summed E-state index contributed by atoms with van der Waals surface area (Å²) in [7, 11) is 0. The highest BCUT2D eigenvalue weighted by molar-refractivity contribution is 6.03. The molecule has 1 aromatic carbocycles. The van der Waals surface area contributed by atoms with E-state index in [4.69, 9.17) is 5.73 Å². The van der Waals surface area contributed by atoms with Gasteiger partial charge >= 0.3 is 0 Å². The van der Waals surface area contributed by atoms with Crippen molar-refractivity contribution in [3.05, 3.63) is 52.2 Å². The van der Waals surface area contributed by atoms with Crippen LogP contribution in [0, 0.1) is 18.3 Å². The second kappa shape index (κ2) is 5.36. The predicted molar refractivity (Wildman–Crippen MR) is 82.7 cm³/mol. The van der Waals surface area contributed by atoms with Crippen LogP contribution in [0.15, 0.2) is 29.9 Å². The number of fused-ring (bicyclic) bond motifs is 1. The fourth-order valence-electron chi connectivity index (χ4n) is 2.87. The maximum Gasteiger partial charge on any atom is 0.265 e. The number of carbonyl (C=O) groups is 1. The van der Waals surface area contributed by atoms with Gasteiger partial charge in [-0.2, -0.15) is 5.26 Å². The summed E-state index contributed by atoms with van der Waals surface area (Å²) in [4.78, 5) is 14.5. The van der Waals surface area contributed by atoms with Crippen molar-refractivity contribution in [3.8, 4) is 6.07 Å². The number of primary amides is 1. The van der Waals surface area contributed by atoms with Crippen LogP contribution in [0.3, 0.4) is 0 Å². The first-order chi connectivity index (χ1) is 10.9. The Hall–Kier alpha value is -2.94. The highest BCUT2D eigenvalue weighted by Gasteiger charge is 2.20. The Kier molecular flexibility index (Phi) is 3.49. The molecule has 0 atom stereocenters.